The SMILES string of the molecule is NCC1(CNc2ncccc2C(N)=O)CCCC1. The fourth-order valence-corrected chi connectivity index (χ4v) is 2.59. The Hall–Kier alpha value is -1.62. The molecule has 1 aliphatic carbocycles. The van der Waals surface area contributed by atoms with Gasteiger partial charge in [-0.1, -0.05) is 12.8 Å². The molecule has 5 heteroatoms. The molecule has 0 aliphatic heterocycles. The van der Waals surface area contributed by atoms with Crippen LogP contribution in [0, 0.1) is 5.41 Å². The monoisotopic (exact) mass is 248 g/mol. The van der Waals surface area contributed by atoms with E-state index in [9.17, 15) is 4.79 Å². The summed E-state index contributed by atoms with van der Waals surface area (Å²) < 4.78 is 0. The number of nitrogens with zero attached hydrogens (tertiary/aromatic N) is 1. The molecule has 1 fully saturated rings. The minimum absolute atomic E-state index is 0.145. The number of rotatable bonds is 5. The second-order valence-corrected chi connectivity index (χ2v) is 5.03. The van der Waals surface area contributed by atoms with Gasteiger partial charge in [-0.3, -0.25) is 4.79 Å². The molecule has 0 aromatic carbocycles. The van der Waals surface area contributed by atoms with Crippen LogP contribution in [0.25, 0.3) is 0 Å². The van der Waals surface area contributed by atoms with Crippen LogP contribution in [0.2, 0.25) is 0 Å². The molecule has 1 saturated carbocycles. The van der Waals surface area contributed by atoms with Gasteiger partial charge in [0.05, 0.1) is 5.56 Å². The van der Waals surface area contributed by atoms with Crippen molar-refractivity contribution in [3.63, 3.8) is 0 Å². The highest BCUT2D eigenvalue weighted by Crippen LogP contribution is 2.37. The Bertz CT molecular complexity index is 427. The minimum atomic E-state index is -0.459. The van der Waals surface area contributed by atoms with Crippen molar-refractivity contribution >= 4 is 11.7 Å². The van der Waals surface area contributed by atoms with Gasteiger partial charge in [0.1, 0.15) is 5.82 Å². The predicted molar refractivity (Wildman–Crippen MR) is 71.2 cm³/mol. The summed E-state index contributed by atoms with van der Waals surface area (Å²) in [5.74, 6) is 0.101. The molecule has 1 aromatic rings. The molecule has 98 valence electrons. The van der Waals surface area contributed by atoms with Crippen molar-refractivity contribution in [1.82, 2.24) is 4.98 Å². The third-order valence-corrected chi connectivity index (χ3v) is 3.80. The number of aromatic nitrogens is 1. The van der Waals surface area contributed by atoms with E-state index in [0.29, 0.717) is 17.9 Å². The first-order chi connectivity index (χ1) is 8.67. The van der Waals surface area contributed by atoms with E-state index in [1.54, 1.807) is 18.3 Å². The fraction of sp³-hybridized carbons (Fsp3) is 0.538. The Morgan fingerprint density at radius 1 is 1.44 bits per heavy atom. The van der Waals surface area contributed by atoms with Crippen molar-refractivity contribution in [2.45, 2.75) is 25.7 Å². The number of nitrogens with one attached hydrogen (secondary N) is 1. The van der Waals surface area contributed by atoms with Crippen LogP contribution in [0.4, 0.5) is 5.82 Å². The van der Waals surface area contributed by atoms with Crippen LogP contribution in [0.1, 0.15) is 36.0 Å². The van der Waals surface area contributed by atoms with Crippen molar-refractivity contribution in [1.29, 1.82) is 0 Å². The molecule has 0 bridgehead atoms. The van der Waals surface area contributed by atoms with Gasteiger partial charge in [-0.25, -0.2) is 4.98 Å². The minimum Gasteiger partial charge on any atom is -0.369 e. The Morgan fingerprint density at radius 3 is 2.78 bits per heavy atom. The normalized spacial score (nSPS) is 17.6. The molecule has 0 saturated heterocycles. The lowest BCUT2D eigenvalue weighted by Crippen LogP contribution is -2.35. The van der Waals surface area contributed by atoms with Crippen LogP contribution in [0.15, 0.2) is 18.3 Å². The molecule has 1 aromatic heterocycles. The maximum atomic E-state index is 11.3. The van der Waals surface area contributed by atoms with Crippen LogP contribution < -0.4 is 16.8 Å². The first kappa shape index (κ1) is 12.8. The third-order valence-electron chi connectivity index (χ3n) is 3.80. The summed E-state index contributed by atoms with van der Waals surface area (Å²) in [5, 5.41) is 3.24. The van der Waals surface area contributed by atoms with E-state index in [2.05, 4.69) is 10.3 Å². The van der Waals surface area contributed by atoms with Gasteiger partial charge in [0.15, 0.2) is 0 Å². The number of anilines is 1. The summed E-state index contributed by atoms with van der Waals surface area (Å²) in [5.41, 5.74) is 11.8. The maximum Gasteiger partial charge on any atom is 0.252 e. The number of primary amides is 1. The fourth-order valence-electron chi connectivity index (χ4n) is 2.59. The summed E-state index contributed by atoms with van der Waals surface area (Å²) in [7, 11) is 0. The molecule has 0 radical (unpaired) electrons. The van der Waals surface area contributed by atoms with Gasteiger partial charge in [0.25, 0.3) is 5.91 Å². The number of hydrogen-bond acceptors (Lipinski definition) is 4. The van der Waals surface area contributed by atoms with Crippen molar-refractivity contribution in [2.24, 2.45) is 16.9 Å². The quantitative estimate of drug-likeness (QED) is 0.727. The molecule has 1 amide bonds. The van der Waals surface area contributed by atoms with Crippen molar-refractivity contribution < 1.29 is 4.79 Å². The molecule has 0 spiro atoms. The van der Waals surface area contributed by atoms with Crippen LogP contribution in [0.3, 0.4) is 0 Å². The number of nitrogens with two attached hydrogens (primary N) is 2. The Labute approximate surface area is 107 Å². The van der Waals surface area contributed by atoms with E-state index in [1.165, 1.54) is 12.8 Å². The van der Waals surface area contributed by atoms with Gasteiger partial charge in [-0.15, -0.1) is 0 Å². The molecule has 2 rings (SSSR count). The molecule has 1 aliphatic rings. The first-order valence-corrected chi connectivity index (χ1v) is 6.36. The average molecular weight is 248 g/mol. The van der Waals surface area contributed by atoms with Crippen LogP contribution in [0.5, 0.6) is 0 Å². The first-order valence-electron chi connectivity index (χ1n) is 6.36. The van der Waals surface area contributed by atoms with Gasteiger partial charge in [0, 0.05) is 12.7 Å². The van der Waals surface area contributed by atoms with E-state index < -0.39 is 5.91 Å². The summed E-state index contributed by atoms with van der Waals surface area (Å²) in [4.78, 5) is 15.5. The molecule has 18 heavy (non-hydrogen) atoms. The molecule has 0 atom stereocenters. The van der Waals surface area contributed by atoms with E-state index in [0.717, 1.165) is 19.4 Å². The number of pyridine rings is 1. The van der Waals surface area contributed by atoms with Crippen LogP contribution in [-0.2, 0) is 0 Å². The molecular formula is C13H20N4O. The zero-order chi connectivity index (χ0) is 13.0. The zero-order valence-corrected chi connectivity index (χ0v) is 10.5. The average Bonchev–Trinajstić information content (AvgIpc) is 2.86. The van der Waals surface area contributed by atoms with E-state index >= 15 is 0 Å². The van der Waals surface area contributed by atoms with E-state index in [-0.39, 0.29) is 5.41 Å². The summed E-state index contributed by atoms with van der Waals surface area (Å²) in [6.07, 6.45) is 6.37. The lowest BCUT2D eigenvalue weighted by atomic mass is 9.86. The number of carbonyl (C=O) groups excluding carboxylic acids is 1. The van der Waals surface area contributed by atoms with Gasteiger partial charge in [-0.05, 0) is 36.9 Å². The highest BCUT2D eigenvalue weighted by Gasteiger charge is 2.32. The topological polar surface area (TPSA) is 94.0 Å². The Balaban J connectivity index is 2.08. The summed E-state index contributed by atoms with van der Waals surface area (Å²) >= 11 is 0. The predicted octanol–water partition coefficient (Wildman–Crippen LogP) is 1.11. The molecule has 5 N–H and O–H groups in total. The number of amides is 1. The third kappa shape index (κ3) is 2.61. The van der Waals surface area contributed by atoms with Gasteiger partial charge in [-0.2, -0.15) is 0 Å². The second kappa shape index (κ2) is 5.35. The zero-order valence-electron chi connectivity index (χ0n) is 10.5. The smallest absolute Gasteiger partial charge is 0.252 e. The van der Waals surface area contributed by atoms with Gasteiger partial charge >= 0.3 is 0 Å². The van der Waals surface area contributed by atoms with Crippen LogP contribution >= 0.6 is 0 Å². The number of carbonyl (C=O) groups is 1. The highest BCUT2D eigenvalue weighted by atomic mass is 16.1. The molecular weight excluding hydrogens is 228 g/mol. The lowest BCUT2D eigenvalue weighted by Gasteiger charge is -2.27. The van der Waals surface area contributed by atoms with Crippen molar-refractivity contribution in [3.05, 3.63) is 23.9 Å². The second-order valence-electron chi connectivity index (χ2n) is 5.03. The van der Waals surface area contributed by atoms with Gasteiger partial charge < -0.3 is 16.8 Å². The maximum absolute atomic E-state index is 11.3. The molecule has 5 nitrogen and oxygen atoms in total. The number of hydrogen-bond donors (Lipinski definition) is 3. The largest absolute Gasteiger partial charge is 0.369 e. The standard InChI is InChI=1S/C13H20N4O/c14-8-13(5-1-2-6-13)9-17-12-10(11(15)18)4-3-7-16-12/h3-4,7H,1-2,5-6,8-9,14H2,(H2,15,18)(H,16,17). The Morgan fingerprint density at radius 2 is 2.17 bits per heavy atom. The summed E-state index contributed by atoms with van der Waals surface area (Å²) in [6, 6.07) is 3.39. The summed E-state index contributed by atoms with van der Waals surface area (Å²) in [6.45, 7) is 1.42. The van der Waals surface area contributed by atoms with Gasteiger partial charge in [0.2, 0.25) is 0 Å². The van der Waals surface area contributed by atoms with Crippen molar-refractivity contribution in [3.8, 4) is 0 Å². The van der Waals surface area contributed by atoms with E-state index in [4.69, 9.17) is 11.5 Å². The van der Waals surface area contributed by atoms with E-state index in [1.807, 2.05) is 0 Å². The van der Waals surface area contributed by atoms with Crippen LogP contribution in [-0.4, -0.2) is 24.0 Å². The molecule has 1 heterocycles. The molecule has 0 unspecified atom stereocenters. The lowest BCUT2D eigenvalue weighted by molar-refractivity contribution is 0.100. The van der Waals surface area contributed by atoms with Crippen molar-refractivity contribution in [2.75, 3.05) is 18.4 Å². The highest BCUT2D eigenvalue weighted by molar-refractivity contribution is 5.97. The Kier molecular flexibility index (Phi) is 3.81.